The second kappa shape index (κ2) is 4.96. The van der Waals surface area contributed by atoms with E-state index in [4.69, 9.17) is 4.74 Å². The van der Waals surface area contributed by atoms with Crippen LogP contribution in [0, 0.1) is 17.8 Å². The number of hydrogen-bond acceptors (Lipinski definition) is 4. The Labute approximate surface area is 89.2 Å². The summed E-state index contributed by atoms with van der Waals surface area (Å²) in [6.45, 7) is 1.90. The molecule has 1 rings (SSSR count). The molecule has 4 heteroatoms. The van der Waals surface area contributed by atoms with E-state index in [-0.39, 0.29) is 17.9 Å². The molecule has 0 heterocycles. The number of ether oxygens (including phenoxy) is 2. The van der Waals surface area contributed by atoms with Crippen LogP contribution in [0.15, 0.2) is 12.2 Å². The second-order valence-electron chi connectivity index (χ2n) is 3.70. The fourth-order valence-electron chi connectivity index (χ4n) is 1.98. The van der Waals surface area contributed by atoms with Crippen molar-refractivity contribution in [2.75, 3.05) is 14.2 Å². The van der Waals surface area contributed by atoms with Gasteiger partial charge in [-0.2, -0.15) is 0 Å². The summed E-state index contributed by atoms with van der Waals surface area (Å²) in [5, 5.41) is 0. The Morgan fingerprint density at radius 2 is 1.80 bits per heavy atom. The first-order chi connectivity index (χ1) is 7.11. The first-order valence-electron chi connectivity index (χ1n) is 4.94. The Kier molecular flexibility index (Phi) is 3.88. The van der Waals surface area contributed by atoms with E-state index in [1.807, 2.05) is 19.1 Å². The van der Waals surface area contributed by atoms with Gasteiger partial charge in [0.2, 0.25) is 0 Å². The van der Waals surface area contributed by atoms with Gasteiger partial charge in [-0.15, -0.1) is 0 Å². The SMILES string of the molecule is COC(=O)[C@@H]1[C@@H](C(=O)OC)CC=C[C@@H]1C. The number of carbonyl (C=O) groups excluding carboxylic acids is 2. The van der Waals surface area contributed by atoms with Gasteiger partial charge in [-0.3, -0.25) is 9.59 Å². The van der Waals surface area contributed by atoms with Crippen LogP contribution in [0.4, 0.5) is 0 Å². The second-order valence-corrected chi connectivity index (χ2v) is 3.70. The highest BCUT2D eigenvalue weighted by atomic mass is 16.5. The van der Waals surface area contributed by atoms with Gasteiger partial charge in [0.05, 0.1) is 26.1 Å². The third-order valence-corrected chi connectivity index (χ3v) is 2.81. The summed E-state index contributed by atoms with van der Waals surface area (Å²) >= 11 is 0. The van der Waals surface area contributed by atoms with E-state index in [9.17, 15) is 9.59 Å². The average Bonchev–Trinajstić information content (AvgIpc) is 2.26. The maximum absolute atomic E-state index is 11.5. The van der Waals surface area contributed by atoms with Crippen molar-refractivity contribution in [1.29, 1.82) is 0 Å². The zero-order valence-corrected chi connectivity index (χ0v) is 9.23. The lowest BCUT2D eigenvalue weighted by molar-refractivity contribution is -0.159. The molecule has 0 fully saturated rings. The molecule has 4 nitrogen and oxygen atoms in total. The van der Waals surface area contributed by atoms with E-state index in [1.165, 1.54) is 14.2 Å². The van der Waals surface area contributed by atoms with Crippen molar-refractivity contribution in [3.63, 3.8) is 0 Å². The summed E-state index contributed by atoms with van der Waals surface area (Å²) < 4.78 is 9.39. The number of methoxy groups -OCH3 is 2. The standard InChI is InChI=1S/C11H16O4/c1-7-5-4-6-8(10(12)14-2)9(7)11(13)15-3/h4-5,7-9H,6H2,1-3H3/t7-,8-,9-/m0/s1. The van der Waals surface area contributed by atoms with Gasteiger partial charge in [0.1, 0.15) is 0 Å². The van der Waals surface area contributed by atoms with E-state index >= 15 is 0 Å². The summed E-state index contributed by atoms with van der Waals surface area (Å²) in [5.74, 6) is -1.52. The zero-order valence-electron chi connectivity index (χ0n) is 9.23. The molecule has 3 atom stereocenters. The monoisotopic (exact) mass is 212 g/mol. The Hall–Kier alpha value is -1.32. The maximum atomic E-state index is 11.5. The molecule has 0 radical (unpaired) electrons. The van der Waals surface area contributed by atoms with Gasteiger partial charge in [0, 0.05) is 0 Å². The number of rotatable bonds is 2. The van der Waals surface area contributed by atoms with E-state index in [0.29, 0.717) is 6.42 Å². The van der Waals surface area contributed by atoms with Gasteiger partial charge in [-0.25, -0.2) is 0 Å². The van der Waals surface area contributed by atoms with Crippen LogP contribution in [0.2, 0.25) is 0 Å². The lowest BCUT2D eigenvalue weighted by Crippen LogP contribution is -2.37. The topological polar surface area (TPSA) is 52.6 Å². The molecule has 0 aromatic carbocycles. The van der Waals surface area contributed by atoms with Gasteiger partial charge >= 0.3 is 11.9 Å². The first kappa shape index (κ1) is 11.8. The third-order valence-electron chi connectivity index (χ3n) is 2.81. The number of carbonyl (C=O) groups is 2. The number of allylic oxidation sites excluding steroid dienone is 2. The van der Waals surface area contributed by atoms with E-state index in [2.05, 4.69) is 4.74 Å². The molecular formula is C11H16O4. The lowest BCUT2D eigenvalue weighted by atomic mass is 9.76. The fraction of sp³-hybridized carbons (Fsp3) is 0.636. The Morgan fingerprint density at radius 3 is 2.33 bits per heavy atom. The van der Waals surface area contributed by atoms with Gasteiger partial charge in [0.25, 0.3) is 0 Å². The highest BCUT2D eigenvalue weighted by Crippen LogP contribution is 2.31. The largest absolute Gasteiger partial charge is 0.469 e. The van der Waals surface area contributed by atoms with Crippen molar-refractivity contribution < 1.29 is 19.1 Å². The minimum atomic E-state index is -0.424. The van der Waals surface area contributed by atoms with Crippen LogP contribution in [0.5, 0.6) is 0 Å². The van der Waals surface area contributed by atoms with Crippen molar-refractivity contribution in [3.8, 4) is 0 Å². The average molecular weight is 212 g/mol. The van der Waals surface area contributed by atoms with E-state index in [0.717, 1.165) is 0 Å². The summed E-state index contributed by atoms with van der Waals surface area (Å²) in [6, 6.07) is 0. The van der Waals surface area contributed by atoms with Crippen LogP contribution >= 0.6 is 0 Å². The molecule has 0 spiro atoms. The van der Waals surface area contributed by atoms with Crippen LogP contribution in [-0.4, -0.2) is 26.2 Å². The normalized spacial score (nSPS) is 29.7. The molecule has 0 unspecified atom stereocenters. The van der Waals surface area contributed by atoms with Crippen LogP contribution in [-0.2, 0) is 19.1 Å². The first-order valence-corrected chi connectivity index (χ1v) is 4.94. The van der Waals surface area contributed by atoms with Crippen LogP contribution in [0.1, 0.15) is 13.3 Å². The van der Waals surface area contributed by atoms with E-state index in [1.54, 1.807) is 0 Å². The molecule has 0 N–H and O–H groups in total. The van der Waals surface area contributed by atoms with Crippen molar-refractivity contribution in [3.05, 3.63) is 12.2 Å². The number of hydrogen-bond donors (Lipinski definition) is 0. The van der Waals surface area contributed by atoms with Crippen molar-refractivity contribution in [2.24, 2.45) is 17.8 Å². The Morgan fingerprint density at radius 1 is 1.20 bits per heavy atom. The van der Waals surface area contributed by atoms with Gasteiger partial charge < -0.3 is 9.47 Å². The molecule has 1 aliphatic carbocycles. The van der Waals surface area contributed by atoms with Gasteiger partial charge in [0.15, 0.2) is 0 Å². The molecule has 15 heavy (non-hydrogen) atoms. The molecular weight excluding hydrogens is 196 g/mol. The smallest absolute Gasteiger partial charge is 0.310 e. The number of esters is 2. The molecule has 1 aliphatic rings. The maximum Gasteiger partial charge on any atom is 0.310 e. The third kappa shape index (κ3) is 2.37. The minimum Gasteiger partial charge on any atom is -0.469 e. The van der Waals surface area contributed by atoms with E-state index < -0.39 is 11.8 Å². The van der Waals surface area contributed by atoms with Crippen LogP contribution in [0.3, 0.4) is 0 Å². The van der Waals surface area contributed by atoms with Crippen molar-refractivity contribution in [1.82, 2.24) is 0 Å². The molecule has 0 saturated carbocycles. The Bertz CT molecular complexity index is 282. The molecule has 0 aromatic heterocycles. The summed E-state index contributed by atoms with van der Waals surface area (Å²) in [5.41, 5.74) is 0. The molecule has 0 aromatic rings. The highest BCUT2D eigenvalue weighted by molar-refractivity contribution is 5.83. The predicted molar refractivity (Wildman–Crippen MR) is 53.9 cm³/mol. The van der Waals surface area contributed by atoms with Gasteiger partial charge in [-0.05, 0) is 12.3 Å². The van der Waals surface area contributed by atoms with Crippen molar-refractivity contribution >= 4 is 11.9 Å². The molecule has 0 bridgehead atoms. The molecule has 0 amide bonds. The predicted octanol–water partition coefficient (Wildman–Crippen LogP) is 1.16. The van der Waals surface area contributed by atoms with Crippen molar-refractivity contribution in [2.45, 2.75) is 13.3 Å². The molecule has 0 saturated heterocycles. The molecule has 0 aliphatic heterocycles. The summed E-state index contributed by atoms with van der Waals surface area (Å²) in [7, 11) is 2.67. The van der Waals surface area contributed by atoms with Crippen LogP contribution in [0.25, 0.3) is 0 Å². The molecule has 84 valence electrons. The summed E-state index contributed by atoms with van der Waals surface area (Å²) in [6.07, 6.45) is 4.38. The minimum absolute atomic E-state index is 0.00954. The zero-order chi connectivity index (χ0) is 11.4. The van der Waals surface area contributed by atoms with Gasteiger partial charge in [-0.1, -0.05) is 19.1 Å². The van der Waals surface area contributed by atoms with Crippen LogP contribution < -0.4 is 0 Å². The highest BCUT2D eigenvalue weighted by Gasteiger charge is 2.39. The lowest BCUT2D eigenvalue weighted by Gasteiger charge is -2.28. The quantitative estimate of drug-likeness (QED) is 0.509. The fourth-order valence-corrected chi connectivity index (χ4v) is 1.98. The Balaban J connectivity index is 2.89. The summed E-state index contributed by atoms with van der Waals surface area (Å²) in [4.78, 5) is 23.0.